The molecule has 0 aliphatic rings. The molecule has 0 saturated heterocycles. The van der Waals surface area contributed by atoms with Gasteiger partial charge in [0.25, 0.3) is 0 Å². The zero-order valence-corrected chi connectivity index (χ0v) is 12.2. The first-order chi connectivity index (χ1) is 9.06. The molecular formula is C13H11BrF2N2S. The van der Waals surface area contributed by atoms with Gasteiger partial charge in [-0.3, -0.25) is 0 Å². The quantitative estimate of drug-likeness (QED) is 0.854. The molecule has 2 N–H and O–H groups in total. The van der Waals surface area contributed by atoms with Gasteiger partial charge in [0.2, 0.25) is 0 Å². The molecule has 0 amide bonds. The largest absolute Gasteiger partial charge is 0.323 e. The molecule has 0 radical (unpaired) electrons. The van der Waals surface area contributed by atoms with E-state index in [0.717, 1.165) is 21.6 Å². The Morgan fingerprint density at radius 2 is 2.00 bits per heavy atom. The van der Waals surface area contributed by atoms with Crippen LogP contribution < -0.4 is 5.73 Å². The molecule has 100 valence electrons. The van der Waals surface area contributed by atoms with Crippen LogP contribution in [0, 0.1) is 11.6 Å². The van der Waals surface area contributed by atoms with Crippen LogP contribution in [-0.2, 0) is 0 Å². The van der Waals surface area contributed by atoms with Crippen molar-refractivity contribution in [3.8, 4) is 0 Å². The highest BCUT2D eigenvalue weighted by Gasteiger charge is 2.10. The molecule has 1 atom stereocenters. The predicted octanol–water partition coefficient (Wildman–Crippen LogP) is 3.91. The fourth-order valence-corrected chi connectivity index (χ4v) is 2.53. The van der Waals surface area contributed by atoms with Crippen molar-refractivity contribution in [2.24, 2.45) is 5.73 Å². The number of hydrogen-bond acceptors (Lipinski definition) is 3. The smallest absolute Gasteiger partial charge is 0.159 e. The van der Waals surface area contributed by atoms with Gasteiger partial charge in [0.05, 0.1) is 5.03 Å². The van der Waals surface area contributed by atoms with Gasteiger partial charge in [-0.05, 0) is 45.8 Å². The Labute approximate surface area is 122 Å². The van der Waals surface area contributed by atoms with Gasteiger partial charge in [0.15, 0.2) is 11.6 Å². The molecule has 0 aliphatic carbocycles. The van der Waals surface area contributed by atoms with E-state index in [1.54, 1.807) is 6.20 Å². The summed E-state index contributed by atoms with van der Waals surface area (Å²) in [5, 5.41) is 0.834. The second-order valence-corrected chi connectivity index (χ2v) is 5.86. The van der Waals surface area contributed by atoms with Gasteiger partial charge in [0, 0.05) is 22.5 Å². The highest BCUT2D eigenvalue weighted by molar-refractivity contribution is 9.10. The highest BCUT2D eigenvalue weighted by Crippen LogP contribution is 2.23. The Bertz CT molecular complexity index is 563. The second kappa shape index (κ2) is 6.45. The molecule has 19 heavy (non-hydrogen) atoms. The Morgan fingerprint density at radius 3 is 2.63 bits per heavy atom. The zero-order chi connectivity index (χ0) is 13.8. The van der Waals surface area contributed by atoms with E-state index in [9.17, 15) is 8.78 Å². The molecule has 1 unspecified atom stereocenters. The summed E-state index contributed by atoms with van der Waals surface area (Å²) in [5.41, 5.74) is 6.52. The van der Waals surface area contributed by atoms with Crippen LogP contribution in [0.2, 0.25) is 0 Å². The summed E-state index contributed by atoms with van der Waals surface area (Å²) >= 11 is 4.77. The van der Waals surface area contributed by atoms with Gasteiger partial charge in [-0.25, -0.2) is 13.8 Å². The Morgan fingerprint density at radius 1 is 1.21 bits per heavy atom. The molecule has 1 aromatic heterocycles. The molecule has 2 nitrogen and oxygen atoms in total. The Kier molecular flexibility index (Phi) is 4.90. The highest BCUT2D eigenvalue weighted by atomic mass is 79.9. The molecule has 6 heteroatoms. The third-order valence-corrected chi connectivity index (χ3v) is 4.01. The first-order valence-electron chi connectivity index (χ1n) is 5.51. The van der Waals surface area contributed by atoms with Crippen LogP contribution in [0.25, 0.3) is 0 Å². The number of benzene rings is 1. The van der Waals surface area contributed by atoms with Crippen LogP contribution in [-0.4, -0.2) is 10.7 Å². The summed E-state index contributed by atoms with van der Waals surface area (Å²) in [6.07, 6.45) is 1.70. The Balaban J connectivity index is 1.98. The molecular weight excluding hydrogens is 334 g/mol. The summed E-state index contributed by atoms with van der Waals surface area (Å²) in [6, 6.07) is 7.11. The van der Waals surface area contributed by atoms with Gasteiger partial charge in [-0.15, -0.1) is 11.8 Å². The number of thioether (sulfide) groups is 1. The van der Waals surface area contributed by atoms with Crippen molar-refractivity contribution in [2.75, 3.05) is 5.75 Å². The first-order valence-corrected chi connectivity index (χ1v) is 7.29. The summed E-state index contributed by atoms with van der Waals surface area (Å²) in [4.78, 5) is 4.20. The van der Waals surface area contributed by atoms with Crippen molar-refractivity contribution < 1.29 is 8.78 Å². The van der Waals surface area contributed by atoms with Gasteiger partial charge in [-0.1, -0.05) is 6.07 Å². The van der Waals surface area contributed by atoms with E-state index in [-0.39, 0.29) is 6.04 Å². The SMILES string of the molecule is NC(CSc1ccc(Br)cn1)c1ccc(F)c(F)c1. The average molecular weight is 345 g/mol. The maximum atomic E-state index is 13.1. The summed E-state index contributed by atoms with van der Waals surface area (Å²) in [5.74, 6) is -1.20. The van der Waals surface area contributed by atoms with Gasteiger partial charge in [-0.2, -0.15) is 0 Å². The van der Waals surface area contributed by atoms with Gasteiger partial charge >= 0.3 is 0 Å². The van der Waals surface area contributed by atoms with E-state index in [1.807, 2.05) is 12.1 Å². The van der Waals surface area contributed by atoms with Crippen molar-refractivity contribution in [1.82, 2.24) is 4.98 Å². The number of nitrogens with two attached hydrogens (primary N) is 1. The van der Waals surface area contributed by atoms with Crippen LogP contribution in [0.4, 0.5) is 8.78 Å². The molecule has 1 aromatic carbocycles. The minimum atomic E-state index is -0.875. The van der Waals surface area contributed by atoms with E-state index >= 15 is 0 Å². The number of halogens is 3. The molecule has 0 bridgehead atoms. The van der Waals surface area contributed by atoms with E-state index in [0.29, 0.717) is 11.3 Å². The van der Waals surface area contributed by atoms with Crippen molar-refractivity contribution in [1.29, 1.82) is 0 Å². The summed E-state index contributed by atoms with van der Waals surface area (Å²) in [7, 11) is 0. The summed E-state index contributed by atoms with van der Waals surface area (Å²) < 4.78 is 26.8. The number of rotatable bonds is 4. The third-order valence-electron chi connectivity index (χ3n) is 2.48. The molecule has 0 saturated carbocycles. The third kappa shape index (κ3) is 3.99. The van der Waals surface area contributed by atoms with E-state index in [4.69, 9.17) is 5.73 Å². The van der Waals surface area contributed by atoms with Crippen LogP contribution >= 0.6 is 27.7 Å². The van der Waals surface area contributed by atoms with Crippen LogP contribution in [0.15, 0.2) is 46.0 Å². The van der Waals surface area contributed by atoms with E-state index < -0.39 is 11.6 Å². The van der Waals surface area contributed by atoms with E-state index in [2.05, 4.69) is 20.9 Å². The zero-order valence-electron chi connectivity index (χ0n) is 9.82. The number of pyridine rings is 1. The fraction of sp³-hybridized carbons (Fsp3) is 0.154. The number of nitrogens with zero attached hydrogens (tertiary/aromatic N) is 1. The molecule has 0 aliphatic heterocycles. The minimum Gasteiger partial charge on any atom is -0.323 e. The topological polar surface area (TPSA) is 38.9 Å². The van der Waals surface area contributed by atoms with Crippen LogP contribution in [0.5, 0.6) is 0 Å². The van der Waals surface area contributed by atoms with Crippen molar-refractivity contribution in [3.05, 3.63) is 58.2 Å². The lowest BCUT2D eigenvalue weighted by Crippen LogP contribution is -2.13. The lowest BCUT2D eigenvalue weighted by molar-refractivity contribution is 0.506. The lowest BCUT2D eigenvalue weighted by Gasteiger charge is -2.11. The predicted molar refractivity (Wildman–Crippen MR) is 75.9 cm³/mol. The van der Waals surface area contributed by atoms with Crippen molar-refractivity contribution in [3.63, 3.8) is 0 Å². The monoisotopic (exact) mass is 344 g/mol. The summed E-state index contributed by atoms with van der Waals surface area (Å²) in [6.45, 7) is 0. The van der Waals surface area contributed by atoms with Crippen LogP contribution in [0.3, 0.4) is 0 Å². The standard InChI is InChI=1S/C13H11BrF2N2S/c14-9-2-4-13(18-6-9)19-7-12(17)8-1-3-10(15)11(16)5-8/h1-6,12H,7,17H2. The number of aromatic nitrogens is 1. The average Bonchev–Trinajstić information content (AvgIpc) is 2.41. The molecule has 1 heterocycles. The van der Waals surface area contributed by atoms with Crippen molar-refractivity contribution in [2.45, 2.75) is 11.1 Å². The first kappa shape index (κ1) is 14.4. The second-order valence-electron chi connectivity index (χ2n) is 3.91. The molecule has 2 rings (SSSR count). The minimum absolute atomic E-state index is 0.370. The normalized spacial score (nSPS) is 12.4. The fourth-order valence-electron chi connectivity index (χ4n) is 1.46. The van der Waals surface area contributed by atoms with Gasteiger partial charge in [0.1, 0.15) is 0 Å². The maximum absolute atomic E-state index is 13.1. The Hall–Kier alpha value is -0.980. The van der Waals surface area contributed by atoms with E-state index in [1.165, 1.54) is 17.8 Å². The van der Waals surface area contributed by atoms with Crippen LogP contribution in [0.1, 0.15) is 11.6 Å². The molecule has 0 fully saturated rings. The maximum Gasteiger partial charge on any atom is 0.159 e. The lowest BCUT2D eigenvalue weighted by atomic mass is 10.1. The van der Waals surface area contributed by atoms with Gasteiger partial charge < -0.3 is 5.73 Å². The molecule has 0 spiro atoms. The number of hydrogen-bond donors (Lipinski definition) is 1. The molecule has 2 aromatic rings. The van der Waals surface area contributed by atoms with Crippen molar-refractivity contribution >= 4 is 27.7 Å².